The summed E-state index contributed by atoms with van der Waals surface area (Å²) in [6, 6.07) is 3.05. The molecule has 1 N–H and O–H groups in total. The van der Waals surface area contributed by atoms with E-state index >= 15 is 0 Å². The summed E-state index contributed by atoms with van der Waals surface area (Å²) in [4.78, 5) is 0. The van der Waals surface area contributed by atoms with E-state index < -0.39 is 0 Å². The molecule has 0 bridgehead atoms. The molecule has 2 heteroatoms. The summed E-state index contributed by atoms with van der Waals surface area (Å²) in [5, 5.41) is 12.5. The number of hydrogen-bond donors (Lipinski definition) is 1. The second-order valence-electron chi connectivity index (χ2n) is 5.67. The van der Waals surface area contributed by atoms with Crippen LogP contribution in [0.4, 0.5) is 0 Å². The molecule has 0 saturated heterocycles. The first kappa shape index (κ1) is 12.5. The minimum Gasteiger partial charge on any atom is -0.314 e. The molecule has 1 rings (SSSR count). The SMILES string of the molecule is CC1CCCC(NCCC(C)(C)C#N)C1. The largest absolute Gasteiger partial charge is 0.314 e. The Hall–Kier alpha value is -0.550. The van der Waals surface area contributed by atoms with Crippen LogP contribution in [0.15, 0.2) is 0 Å². The van der Waals surface area contributed by atoms with Gasteiger partial charge in [-0.05, 0) is 45.6 Å². The van der Waals surface area contributed by atoms with Gasteiger partial charge in [0.25, 0.3) is 0 Å². The zero-order chi connectivity index (χ0) is 11.3. The summed E-state index contributed by atoms with van der Waals surface area (Å²) in [6.45, 7) is 7.35. The van der Waals surface area contributed by atoms with E-state index in [4.69, 9.17) is 5.26 Å². The second-order valence-corrected chi connectivity index (χ2v) is 5.67. The van der Waals surface area contributed by atoms with Crippen LogP contribution in [-0.4, -0.2) is 12.6 Å². The number of nitrogens with one attached hydrogen (secondary N) is 1. The monoisotopic (exact) mass is 208 g/mol. The lowest BCUT2D eigenvalue weighted by atomic mass is 9.86. The molecule has 2 nitrogen and oxygen atoms in total. The maximum absolute atomic E-state index is 8.90. The van der Waals surface area contributed by atoms with Crippen LogP contribution in [0.2, 0.25) is 0 Å². The van der Waals surface area contributed by atoms with Crippen LogP contribution in [0.25, 0.3) is 0 Å². The molecule has 1 saturated carbocycles. The summed E-state index contributed by atoms with van der Waals surface area (Å²) < 4.78 is 0. The van der Waals surface area contributed by atoms with E-state index in [2.05, 4.69) is 18.3 Å². The molecule has 0 heterocycles. The van der Waals surface area contributed by atoms with Gasteiger partial charge in [-0.15, -0.1) is 0 Å². The van der Waals surface area contributed by atoms with E-state index in [1.165, 1.54) is 25.7 Å². The van der Waals surface area contributed by atoms with Crippen molar-refractivity contribution >= 4 is 0 Å². The van der Waals surface area contributed by atoms with Crippen molar-refractivity contribution in [3.8, 4) is 6.07 Å². The summed E-state index contributed by atoms with van der Waals surface area (Å²) >= 11 is 0. The van der Waals surface area contributed by atoms with Crippen molar-refractivity contribution in [1.82, 2.24) is 5.32 Å². The van der Waals surface area contributed by atoms with E-state index in [0.717, 1.165) is 18.9 Å². The molecule has 0 aromatic rings. The molecule has 0 aliphatic heterocycles. The fraction of sp³-hybridized carbons (Fsp3) is 0.923. The maximum atomic E-state index is 8.90. The van der Waals surface area contributed by atoms with Gasteiger partial charge in [-0.2, -0.15) is 5.26 Å². The van der Waals surface area contributed by atoms with Gasteiger partial charge in [0.05, 0.1) is 11.5 Å². The van der Waals surface area contributed by atoms with Crippen molar-refractivity contribution in [3.05, 3.63) is 0 Å². The van der Waals surface area contributed by atoms with Crippen molar-refractivity contribution in [2.24, 2.45) is 11.3 Å². The van der Waals surface area contributed by atoms with Crippen LogP contribution < -0.4 is 5.32 Å². The summed E-state index contributed by atoms with van der Waals surface area (Å²) in [5.41, 5.74) is -0.173. The van der Waals surface area contributed by atoms with Gasteiger partial charge in [0.1, 0.15) is 0 Å². The summed E-state index contributed by atoms with van der Waals surface area (Å²) in [6.07, 6.45) is 6.33. The van der Waals surface area contributed by atoms with Gasteiger partial charge in [-0.3, -0.25) is 0 Å². The predicted molar refractivity (Wildman–Crippen MR) is 63.4 cm³/mol. The molecule has 1 aliphatic rings. The normalized spacial score (nSPS) is 27.3. The van der Waals surface area contributed by atoms with Crippen molar-refractivity contribution < 1.29 is 0 Å². The van der Waals surface area contributed by atoms with Crippen molar-refractivity contribution in [2.45, 2.75) is 58.9 Å². The molecule has 2 unspecified atom stereocenters. The lowest BCUT2D eigenvalue weighted by Crippen LogP contribution is -2.35. The van der Waals surface area contributed by atoms with E-state index in [9.17, 15) is 0 Å². The molecule has 0 amide bonds. The Bertz CT molecular complexity index is 227. The molecule has 0 spiro atoms. The minimum absolute atomic E-state index is 0.173. The van der Waals surface area contributed by atoms with E-state index in [0.29, 0.717) is 6.04 Å². The van der Waals surface area contributed by atoms with Crippen LogP contribution >= 0.6 is 0 Å². The third kappa shape index (κ3) is 4.66. The molecule has 1 aliphatic carbocycles. The van der Waals surface area contributed by atoms with Gasteiger partial charge in [0.2, 0.25) is 0 Å². The second kappa shape index (κ2) is 5.51. The van der Waals surface area contributed by atoms with Gasteiger partial charge in [0.15, 0.2) is 0 Å². The first-order valence-electron chi connectivity index (χ1n) is 6.18. The van der Waals surface area contributed by atoms with Crippen LogP contribution in [0.1, 0.15) is 52.9 Å². The highest BCUT2D eigenvalue weighted by Gasteiger charge is 2.20. The Balaban J connectivity index is 2.18. The van der Waals surface area contributed by atoms with Crippen molar-refractivity contribution in [1.29, 1.82) is 5.26 Å². The molecule has 0 aromatic heterocycles. The van der Waals surface area contributed by atoms with E-state index in [1.807, 2.05) is 13.8 Å². The first-order chi connectivity index (χ1) is 7.03. The molecule has 86 valence electrons. The van der Waals surface area contributed by atoms with Crippen LogP contribution in [0.3, 0.4) is 0 Å². The Morgan fingerprint density at radius 2 is 2.13 bits per heavy atom. The zero-order valence-corrected chi connectivity index (χ0v) is 10.3. The predicted octanol–water partition coefficient (Wildman–Crippen LogP) is 3.09. The maximum Gasteiger partial charge on any atom is 0.0684 e. The number of rotatable bonds is 4. The van der Waals surface area contributed by atoms with Crippen LogP contribution in [0.5, 0.6) is 0 Å². The van der Waals surface area contributed by atoms with Crippen molar-refractivity contribution in [3.63, 3.8) is 0 Å². The molecular weight excluding hydrogens is 184 g/mol. The Morgan fingerprint density at radius 1 is 1.40 bits per heavy atom. The fourth-order valence-corrected chi connectivity index (χ4v) is 2.26. The third-order valence-electron chi connectivity index (χ3n) is 3.42. The molecule has 15 heavy (non-hydrogen) atoms. The number of nitrogens with zero attached hydrogens (tertiary/aromatic N) is 1. The highest BCUT2D eigenvalue weighted by atomic mass is 14.9. The molecule has 1 fully saturated rings. The third-order valence-corrected chi connectivity index (χ3v) is 3.42. The fourth-order valence-electron chi connectivity index (χ4n) is 2.26. The average Bonchev–Trinajstić information content (AvgIpc) is 2.18. The standard InChI is InChI=1S/C13H24N2/c1-11-5-4-6-12(9-11)15-8-7-13(2,3)10-14/h11-12,15H,4-9H2,1-3H3. The van der Waals surface area contributed by atoms with E-state index in [-0.39, 0.29) is 5.41 Å². The molecule has 2 atom stereocenters. The quantitative estimate of drug-likeness (QED) is 0.770. The molecule has 0 radical (unpaired) electrons. The topological polar surface area (TPSA) is 35.8 Å². The summed E-state index contributed by atoms with van der Waals surface area (Å²) in [5.74, 6) is 0.875. The zero-order valence-electron chi connectivity index (χ0n) is 10.3. The number of hydrogen-bond acceptors (Lipinski definition) is 2. The van der Waals surface area contributed by atoms with Crippen molar-refractivity contribution in [2.75, 3.05) is 6.54 Å². The first-order valence-corrected chi connectivity index (χ1v) is 6.18. The highest BCUT2D eigenvalue weighted by Crippen LogP contribution is 2.24. The van der Waals surface area contributed by atoms with Crippen LogP contribution in [-0.2, 0) is 0 Å². The van der Waals surface area contributed by atoms with Gasteiger partial charge < -0.3 is 5.32 Å². The van der Waals surface area contributed by atoms with Gasteiger partial charge in [0, 0.05) is 6.04 Å². The smallest absolute Gasteiger partial charge is 0.0684 e. The summed E-state index contributed by atoms with van der Waals surface area (Å²) in [7, 11) is 0. The van der Waals surface area contributed by atoms with Gasteiger partial charge >= 0.3 is 0 Å². The molecular formula is C13H24N2. The highest BCUT2D eigenvalue weighted by molar-refractivity contribution is 4.92. The van der Waals surface area contributed by atoms with Gasteiger partial charge in [-0.25, -0.2) is 0 Å². The lowest BCUT2D eigenvalue weighted by molar-refractivity contribution is 0.291. The minimum atomic E-state index is -0.173. The average molecular weight is 208 g/mol. The Labute approximate surface area is 94.1 Å². The Morgan fingerprint density at radius 3 is 2.73 bits per heavy atom. The number of nitriles is 1. The Kier molecular flexibility index (Phi) is 4.60. The van der Waals surface area contributed by atoms with E-state index in [1.54, 1.807) is 0 Å². The molecule has 0 aromatic carbocycles. The van der Waals surface area contributed by atoms with Crippen LogP contribution in [0, 0.1) is 22.7 Å². The van der Waals surface area contributed by atoms with Gasteiger partial charge in [-0.1, -0.05) is 19.8 Å². The lowest BCUT2D eigenvalue weighted by Gasteiger charge is -2.28.